The van der Waals surface area contributed by atoms with Gasteiger partial charge in [-0.25, -0.2) is 4.99 Å². The van der Waals surface area contributed by atoms with E-state index < -0.39 is 0 Å². The molecule has 2 aromatic rings. The molecule has 0 saturated heterocycles. The number of benzene rings is 2. The number of allylic oxidation sites excluding steroid dienone is 5. The zero-order chi connectivity index (χ0) is 16.5. The molecule has 0 saturated carbocycles. The molecule has 2 aliphatic carbocycles. The standard InChI is InChI=1S/C23H14NS/c1-13-9-10-19-22(13)23-16(7-4-8-18(23)24-19)21-12-17-15-6-3-2-5-14(15)11-20(17)25-21/h2-11,20H,1H3. The lowest BCUT2D eigenvalue weighted by Crippen LogP contribution is -2.21. The third-order valence-corrected chi connectivity index (χ3v) is 6.46. The van der Waals surface area contributed by atoms with Crippen LogP contribution in [0.2, 0.25) is 0 Å². The van der Waals surface area contributed by atoms with Gasteiger partial charge in [0.2, 0.25) is 0 Å². The topological polar surface area (TPSA) is 12.4 Å². The molecule has 2 heterocycles. The van der Waals surface area contributed by atoms with Crippen LogP contribution in [-0.4, -0.2) is 11.0 Å². The predicted molar refractivity (Wildman–Crippen MR) is 107 cm³/mol. The van der Waals surface area contributed by atoms with Gasteiger partial charge in [-0.15, -0.1) is 11.8 Å². The third-order valence-electron chi connectivity index (χ3n) is 5.28. The maximum atomic E-state index is 4.81. The highest BCUT2D eigenvalue weighted by Crippen LogP contribution is 2.50. The molecular formula is C23H14NS. The van der Waals surface area contributed by atoms with Crippen molar-refractivity contribution in [2.45, 2.75) is 12.2 Å². The lowest BCUT2D eigenvalue weighted by Gasteiger charge is -2.11. The van der Waals surface area contributed by atoms with Gasteiger partial charge in [0.25, 0.3) is 0 Å². The van der Waals surface area contributed by atoms with Gasteiger partial charge in [-0.3, -0.25) is 0 Å². The largest absolute Gasteiger partial charge is 0.248 e. The Kier molecular flexibility index (Phi) is 2.59. The first-order chi connectivity index (χ1) is 12.3. The fourth-order valence-electron chi connectivity index (χ4n) is 4.13. The first-order valence-corrected chi connectivity index (χ1v) is 9.41. The maximum absolute atomic E-state index is 4.81. The summed E-state index contributed by atoms with van der Waals surface area (Å²) < 4.78 is 0. The Bertz CT molecular complexity index is 1220. The summed E-state index contributed by atoms with van der Waals surface area (Å²) in [5.41, 5.74) is 8.67. The molecule has 6 rings (SSSR count). The zero-order valence-corrected chi connectivity index (χ0v) is 14.5. The first kappa shape index (κ1) is 13.7. The van der Waals surface area contributed by atoms with E-state index in [0.29, 0.717) is 5.25 Å². The maximum Gasteiger partial charge on any atom is 0.0722 e. The van der Waals surface area contributed by atoms with Crippen LogP contribution in [0.1, 0.15) is 18.1 Å². The molecule has 0 aromatic heterocycles. The van der Waals surface area contributed by atoms with Crippen LogP contribution in [-0.2, 0) is 0 Å². The van der Waals surface area contributed by atoms with Gasteiger partial charge in [-0.2, -0.15) is 0 Å². The van der Waals surface area contributed by atoms with Crippen LogP contribution >= 0.6 is 11.8 Å². The number of hydrogen-bond donors (Lipinski definition) is 0. The van der Waals surface area contributed by atoms with Crippen molar-refractivity contribution in [3.8, 4) is 0 Å². The van der Waals surface area contributed by atoms with E-state index in [9.17, 15) is 0 Å². The summed E-state index contributed by atoms with van der Waals surface area (Å²) in [5, 5.41) is 3.06. The van der Waals surface area contributed by atoms with Gasteiger partial charge >= 0.3 is 0 Å². The number of nitrogens with zero attached hydrogens (tertiary/aromatic N) is 1. The highest BCUT2D eigenvalue weighted by molar-refractivity contribution is 8.10. The van der Waals surface area contributed by atoms with Crippen molar-refractivity contribution in [3.05, 3.63) is 87.8 Å². The number of thioether (sulfide) groups is 1. The molecule has 2 aliphatic heterocycles. The monoisotopic (exact) mass is 336 g/mol. The van der Waals surface area contributed by atoms with E-state index in [4.69, 9.17) is 4.99 Å². The van der Waals surface area contributed by atoms with E-state index in [2.05, 4.69) is 73.7 Å². The molecule has 4 aliphatic rings. The van der Waals surface area contributed by atoms with E-state index in [-0.39, 0.29) is 0 Å². The van der Waals surface area contributed by atoms with E-state index in [1.807, 2.05) is 11.8 Å². The zero-order valence-electron chi connectivity index (χ0n) is 13.7. The van der Waals surface area contributed by atoms with Crippen molar-refractivity contribution >= 4 is 45.3 Å². The summed E-state index contributed by atoms with van der Waals surface area (Å²) >= 11 is 1.91. The Balaban J connectivity index is 1.56. The van der Waals surface area contributed by atoms with E-state index in [1.54, 1.807) is 0 Å². The van der Waals surface area contributed by atoms with E-state index in [1.165, 1.54) is 43.2 Å². The number of aliphatic imine (C=N–C) groups is 1. The van der Waals surface area contributed by atoms with Crippen molar-refractivity contribution < 1.29 is 0 Å². The summed E-state index contributed by atoms with van der Waals surface area (Å²) in [6.07, 6.45) is 10.4. The quantitative estimate of drug-likeness (QED) is 0.766. The fraction of sp³-hybridized carbons (Fsp3) is 0.0870. The van der Waals surface area contributed by atoms with Crippen molar-refractivity contribution in [3.63, 3.8) is 0 Å². The molecule has 2 aromatic carbocycles. The first-order valence-electron chi connectivity index (χ1n) is 8.53. The van der Waals surface area contributed by atoms with Gasteiger partial charge < -0.3 is 0 Å². The smallest absolute Gasteiger partial charge is 0.0722 e. The Morgan fingerprint density at radius 1 is 1.04 bits per heavy atom. The van der Waals surface area contributed by atoms with Crippen LogP contribution in [0, 0.1) is 6.08 Å². The second kappa shape index (κ2) is 4.74. The molecule has 0 fully saturated rings. The van der Waals surface area contributed by atoms with Crippen LogP contribution in [0.15, 0.2) is 65.2 Å². The minimum Gasteiger partial charge on any atom is -0.248 e. The lowest BCUT2D eigenvalue weighted by atomic mass is 9.95. The molecule has 25 heavy (non-hydrogen) atoms. The van der Waals surface area contributed by atoms with Crippen LogP contribution in [0.3, 0.4) is 0 Å². The molecule has 1 radical (unpaired) electrons. The highest BCUT2D eigenvalue weighted by atomic mass is 32.2. The normalized spacial score (nSPS) is 21.6. The second-order valence-corrected chi connectivity index (χ2v) is 7.90. The summed E-state index contributed by atoms with van der Waals surface area (Å²) in [7, 11) is 0. The lowest BCUT2D eigenvalue weighted by molar-refractivity contribution is 1.49. The van der Waals surface area contributed by atoms with Crippen LogP contribution in [0.4, 0.5) is 5.69 Å². The average molecular weight is 336 g/mol. The fourth-order valence-corrected chi connectivity index (χ4v) is 5.37. The molecule has 0 bridgehead atoms. The van der Waals surface area contributed by atoms with E-state index in [0.717, 1.165) is 11.4 Å². The van der Waals surface area contributed by atoms with Gasteiger partial charge in [0.05, 0.1) is 16.6 Å². The summed E-state index contributed by atoms with van der Waals surface area (Å²) in [5.74, 6) is 0. The summed E-state index contributed by atoms with van der Waals surface area (Å²) in [6.45, 7) is 2.17. The molecule has 117 valence electrons. The van der Waals surface area contributed by atoms with E-state index >= 15 is 0 Å². The van der Waals surface area contributed by atoms with Gasteiger partial charge in [0.15, 0.2) is 0 Å². The number of fused-ring (bicyclic) bond motifs is 5. The molecule has 2 heteroatoms. The molecular weight excluding hydrogens is 322 g/mol. The molecule has 0 N–H and O–H groups in total. The highest BCUT2D eigenvalue weighted by Gasteiger charge is 2.32. The van der Waals surface area contributed by atoms with Gasteiger partial charge in [0, 0.05) is 22.1 Å². The Morgan fingerprint density at radius 2 is 1.96 bits per heavy atom. The Morgan fingerprint density at radius 3 is 2.92 bits per heavy atom. The van der Waals surface area contributed by atoms with Crippen LogP contribution < -0.4 is 10.4 Å². The molecule has 1 nitrogen and oxygen atoms in total. The second-order valence-electron chi connectivity index (χ2n) is 6.75. The van der Waals surface area contributed by atoms with Gasteiger partial charge in [-0.05, 0) is 46.2 Å². The van der Waals surface area contributed by atoms with Crippen molar-refractivity contribution in [2.24, 2.45) is 4.99 Å². The van der Waals surface area contributed by atoms with Crippen LogP contribution in [0.25, 0.3) is 22.1 Å². The third kappa shape index (κ3) is 1.78. The van der Waals surface area contributed by atoms with Gasteiger partial charge in [-0.1, -0.05) is 48.6 Å². The predicted octanol–water partition coefficient (Wildman–Crippen LogP) is 4.02. The SMILES string of the molecule is CC1=C2C(=Nc3cccc(C4=[C]C5=c6ccccc6=CC5S4)c32)C=C1. The number of rotatable bonds is 1. The minimum absolute atomic E-state index is 0.391. The molecule has 1 unspecified atom stereocenters. The van der Waals surface area contributed by atoms with Crippen molar-refractivity contribution in [1.29, 1.82) is 0 Å². The Labute approximate surface area is 150 Å². The van der Waals surface area contributed by atoms with Crippen molar-refractivity contribution in [1.82, 2.24) is 0 Å². The van der Waals surface area contributed by atoms with Crippen LogP contribution in [0.5, 0.6) is 0 Å². The molecule has 1 atom stereocenters. The summed E-state index contributed by atoms with van der Waals surface area (Å²) in [4.78, 5) is 6.05. The summed E-state index contributed by atoms with van der Waals surface area (Å²) in [6, 6.07) is 15.1. The molecule has 0 spiro atoms. The van der Waals surface area contributed by atoms with Gasteiger partial charge in [0.1, 0.15) is 0 Å². The minimum atomic E-state index is 0.391. The Hall–Kier alpha value is -2.58. The molecule has 0 amide bonds. The number of hydrogen-bond acceptors (Lipinski definition) is 2. The van der Waals surface area contributed by atoms with Crippen molar-refractivity contribution in [2.75, 3.05) is 0 Å². The average Bonchev–Trinajstić information content (AvgIpc) is 3.34.